The van der Waals surface area contributed by atoms with Gasteiger partial charge in [0.25, 0.3) is 0 Å². The molecule has 142 valence electrons. The van der Waals surface area contributed by atoms with Crippen molar-refractivity contribution in [2.75, 3.05) is 5.32 Å². The third kappa shape index (κ3) is 2.73. The van der Waals surface area contributed by atoms with Crippen molar-refractivity contribution in [2.45, 2.75) is 0 Å². The molecule has 0 saturated carbocycles. The lowest BCUT2D eigenvalue weighted by molar-refractivity contribution is 0.669. The number of fused-ring (bicyclic) bond motifs is 4. The predicted molar refractivity (Wildman–Crippen MR) is 126 cm³/mol. The molecule has 0 atom stereocenters. The van der Waals surface area contributed by atoms with Gasteiger partial charge in [-0.05, 0) is 40.6 Å². The summed E-state index contributed by atoms with van der Waals surface area (Å²) >= 11 is 0. The largest absolute Gasteiger partial charge is 0.456 e. The van der Waals surface area contributed by atoms with Gasteiger partial charge in [0.2, 0.25) is 0 Å². The molecule has 0 unspecified atom stereocenters. The van der Waals surface area contributed by atoms with Gasteiger partial charge in [-0.15, -0.1) is 0 Å². The van der Waals surface area contributed by atoms with Crippen LogP contribution in [0, 0.1) is 0 Å². The monoisotopic (exact) mass is 385 g/mol. The molecule has 0 aliphatic carbocycles. The van der Waals surface area contributed by atoms with E-state index in [1.54, 1.807) is 0 Å². The molecule has 0 bridgehead atoms. The summed E-state index contributed by atoms with van der Waals surface area (Å²) in [6.45, 7) is 0. The van der Waals surface area contributed by atoms with E-state index in [0.29, 0.717) is 0 Å². The molecule has 6 rings (SSSR count). The minimum Gasteiger partial charge on any atom is -0.456 e. The van der Waals surface area contributed by atoms with Crippen molar-refractivity contribution in [3.8, 4) is 11.1 Å². The van der Waals surface area contributed by atoms with Crippen LogP contribution in [0.4, 0.5) is 11.4 Å². The highest BCUT2D eigenvalue weighted by molar-refractivity contribution is 6.07. The average Bonchev–Trinajstić information content (AvgIpc) is 3.17. The number of anilines is 2. The van der Waals surface area contributed by atoms with Crippen LogP contribution in [0.25, 0.3) is 43.8 Å². The van der Waals surface area contributed by atoms with E-state index in [1.807, 2.05) is 18.2 Å². The highest BCUT2D eigenvalue weighted by Gasteiger charge is 2.12. The van der Waals surface area contributed by atoms with E-state index in [-0.39, 0.29) is 0 Å². The second-order valence-corrected chi connectivity index (χ2v) is 7.51. The zero-order valence-corrected chi connectivity index (χ0v) is 16.3. The Hall–Kier alpha value is -4.04. The van der Waals surface area contributed by atoms with Gasteiger partial charge in [0, 0.05) is 33.8 Å². The van der Waals surface area contributed by atoms with Crippen LogP contribution in [0.2, 0.25) is 0 Å². The maximum atomic E-state index is 6.08. The Morgan fingerprint density at radius 3 is 2.17 bits per heavy atom. The molecule has 5 aromatic carbocycles. The topological polar surface area (TPSA) is 25.2 Å². The summed E-state index contributed by atoms with van der Waals surface area (Å²) in [5.74, 6) is 0. The Kier molecular flexibility index (Phi) is 3.82. The van der Waals surface area contributed by atoms with Gasteiger partial charge in [0.1, 0.15) is 11.2 Å². The van der Waals surface area contributed by atoms with Crippen LogP contribution in [0.3, 0.4) is 0 Å². The zero-order chi connectivity index (χ0) is 19.9. The number of hydrogen-bond acceptors (Lipinski definition) is 2. The molecule has 0 radical (unpaired) electrons. The minimum atomic E-state index is 0.892. The molecule has 0 fully saturated rings. The van der Waals surface area contributed by atoms with Gasteiger partial charge < -0.3 is 9.73 Å². The van der Waals surface area contributed by atoms with E-state index in [9.17, 15) is 0 Å². The van der Waals surface area contributed by atoms with Gasteiger partial charge in [-0.1, -0.05) is 78.9 Å². The van der Waals surface area contributed by atoms with Crippen molar-refractivity contribution < 1.29 is 4.42 Å². The standard InChI is InChI=1S/C28H19NO/c1-2-9-20(10-3-1)28-22-11-5-4-8-19(22)14-17-25(28)29-21-15-16-24-23-12-6-7-13-26(23)30-27(24)18-21/h1-18,29H. The van der Waals surface area contributed by atoms with E-state index in [1.165, 1.54) is 21.9 Å². The summed E-state index contributed by atoms with van der Waals surface area (Å²) in [4.78, 5) is 0. The lowest BCUT2D eigenvalue weighted by Crippen LogP contribution is -1.94. The quantitative estimate of drug-likeness (QED) is 0.332. The molecule has 30 heavy (non-hydrogen) atoms. The van der Waals surface area contributed by atoms with Crippen LogP contribution in [-0.4, -0.2) is 0 Å². The van der Waals surface area contributed by atoms with Crippen LogP contribution in [0.15, 0.2) is 114 Å². The zero-order valence-electron chi connectivity index (χ0n) is 16.3. The number of rotatable bonds is 3. The number of nitrogens with one attached hydrogen (secondary N) is 1. The Labute approximate surface area is 174 Å². The first-order valence-electron chi connectivity index (χ1n) is 10.1. The second kappa shape index (κ2) is 6.78. The highest BCUT2D eigenvalue weighted by Crippen LogP contribution is 2.38. The SMILES string of the molecule is c1ccc(-c2c(Nc3ccc4c(c3)oc3ccccc34)ccc3ccccc23)cc1. The Balaban J connectivity index is 1.51. The Morgan fingerprint density at radius 2 is 1.27 bits per heavy atom. The average molecular weight is 385 g/mol. The van der Waals surface area contributed by atoms with Crippen molar-refractivity contribution in [3.63, 3.8) is 0 Å². The normalized spacial score (nSPS) is 11.3. The molecular weight excluding hydrogens is 366 g/mol. The smallest absolute Gasteiger partial charge is 0.137 e. The summed E-state index contributed by atoms with van der Waals surface area (Å²) < 4.78 is 6.08. The maximum Gasteiger partial charge on any atom is 0.137 e. The first kappa shape index (κ1) is 16.9. The van der Waals surface area contributed by atoms with E-state index < -0.39 is 0 Å². The molecule has 0 aliphatic rings. The van der Waals surface area contributed by atoms with E-state index in [2.05, 4.69) is 96.3 Å². The fraction of sp³-hybridized carbons (Fsp3) is 0. The number of para-hydroxylation sites is 1. The number of benzene rings is 5. The lowest BCUT2D eigenvalue weighted by Gasteiger charge is -2.15. The summed E-state index contributed by atoms with van der Waals surface area (Å²) in [6, 6.07) is 37.9. The van der Waals surface area contributed by atoms with Gasteiger partial charge in [-0.25, -0.2) is 0 Å². The predicted octanol–water partition coefficient (Wildman–Crippen LogP) is 8.15. The molecule has 6 aromatic rings. The summed E-state index contributed by atoms with van der Waals surface area (Å²) in [6.07, 6.45) is 0. The van der Waals surface area contributed by atoms with Crippen molar-refractivity contribution in [2.24, 2.45) is 0 Å². The van der Waals surface area contributed by atoms with Crippen molar-refractivity contribution >= 4 is 44.1 Å². The van der Waals surface area contributed by atoms with Gasteiger partial charge in [0.05, 0.1) is 0 Å². The molecule has 1 N–H and O–H groups in total. The fourth-order valence-electron chi connectivity index (χ4n) is 4.25. The highest BCUT2D eigenvalue weighted by atomic mass is 16.3. The minimum absolute atomic E-state index is 0.892. The first-order valence-corrected chi connectivity index (χ1v) is 10.1. The second-order valence-electron chi connectivity index (χ2n) is 7.51. The van der Waals surface area contributed by atoms with Crippen LogP contribution in [0.5, 0.6) is 0 Å². The molecule has 0 amide bonds. The molecule has 0 spiro atoms. The Morgan fingerprint density at radius 1 is 0.533 bits per heavy atom. The van der Waals surface area contributed by atoms with Crippen LogP contribution < -0.4 is 5.32 Å². The fourth-order valence-corrected chi connectivity index (χ4v) is 4.25. The molecular formula is C28H19NO. The number of furan rings is 1. The molecule has 2 nitrogen and oxygen atoms in total. The van der Waals surface area contributed by atoms with Gasteiger partial charge in [-0.2, -0.15) is 0 Å². The summed E-state index contributed by atoms with van der Waals surface area (Å²) in [7, 11) is 0. The Bertz CT molecular complexity index is 1510. The third-order valence-electron chi connectivity index (χ3n) is 5.65. The lowest BCUT2D eigenvalue weighted by atomic mass is 9.96. The van der Waals surface area contributed by atoms with Crippen molar-refractivity contribution in [1.82, 2.24) is 0 Å². The van der Waals surface area contributed by atoms with Crippen LogP contribution in [-0.2, 0) is 0 Å². The van der Waals surface area contributed by atoms with Crippen molar-refractivity contribution in [1.29, 1.82) is 0 Å². The first-order chi connectivity index (χ1) is 14.9. The van der Waals surface area contributed by atoms with Crippen LogP contribution >= 0.6 is 0 Å². The molecule has 2 heteroatoms. The number of hydrogen-bond donors (Lipinski definition) is 1. The molecule has 0 saturated heterocycles. The van der Waals surface area contributed by atoms with E-state index in [0.717, 1.165) is 33.3 Å². The van der Waals surface area contributed by atoms with Gasteiger partial charge >= 0.3 is 0 Å². The molecule has 1 aromatic heterocycles. The van der Waals surface area contributed by atoms with E-state index in [4.69, 9.17) is 4.42 Å². The van der Waals surface area contributed by atoms with Gasteiger partial charge in [0.15, 0.2) is 0 Å². The third-order valence-corrected chi connectivity index (χ3v) is 5.65. The molecule has 0 aliphatic heterocycles. The van der Waals surface area contributed by atoms with Gasteiger partial charge in [-0.3, -0.25) is 0 Å². The maximum absolute atomic E-state index is 6.08. The summed E-state index contributed by atoms with van der Waals surface area (Å²) in [5, 5.41) is 8.39. The summed E-state index contributed by atoms with van der Waals surface area (Å²) in [5.41, 5.74) is 6.30. The van der Waals surface area contributed by atoms with Crippen LogP contribution in [0.1, 0.15) is 0 Å². The van der Waals surface area contributed by atoms with Crippen molar-refractivity contribution in [3.05, 3.63) is 109 Å². The van der Waals surface area contributed by atoms with E-state index >= 15 is 0 Å². The molecule has 1 heterocycles.